The first kappa shape index (κ1) is 21.1. The zero-order valence-electron chi connectivity index (χ0n) is 18.1. The second-order valence-electron chi connectivity index (χ2n) is 8.69. The molecule has 0 bridgehead atoms. The summed E-state index contributed by atoms with van der Waals surface area (Å²) in [7, 11) is 1.61. The molecule has 2 heterocycles. The van der Waals surface area contributed by atoms with Gasteiger partial charge >= 0.3 is 0 Å². The Balaban J connectivity index is 1.48. The molecule has 1 saturated carbocycles. The van der Waals surface area contributed by atoms with Gasteiger partial charge in [-0.1, -0.05) is 49.6 Å². The molecule has 3 amide bonds. The molecule has 2 aliphatic rings. The van der Waals surface area contributed by atoms with Crippen LogP contribution in [-0.4, -0.2) is 51.0 Å². The number of rotatable bonds is 5. The molecule has 8 nitrogen and oxygen atoms in total. The molecule has 8 heteroatoms. The molecule has 1 aromatic carbocycles. The second-order valence-corrected chi connectivity index (χ2v) is 8.69. The largest absolute Gasteiger partial charge is 0.350 e. The normalized spacial score (nSPS) is 21.5. The third kappa shape index (κ3) is 4.19. The average Bonchev–Trinajstić information content (AvgIpc) is 3.21. The zero-order chi connectivity index (χ0) is 22.0. The van der Waals surface area contributed by atoms with Gasteiger partial charge in [-0.3, -0.25) is 19.1 Å². The van der Waals surface area contributed by atoms with Crippen LogP contribution in [0.15, 0.2) is 36.4 Å². The summed E-state index contributed by atoms with van der Waals surface area (Å²) in [5.74, 6) is -0.853. The number of carbonyl (C=O) groups excluding carboxylic acids is 3. The summed E-state index contributed by atoms with van der Waals surface area (Å²) in [5, 5.41) is 10.3. The van der Waals surface area contributed by atoms with Crippen LogP contribution < -0.4 is 10.6 Å². The van der Waals surface area contributed by atoms with E-state index in [4.69, 9.17) is 0 Å². The highest BCUT2D eigenvalue weighted by atomic mass is 16.2. The maximum absolute atomic E-state index is 13.0. The molecule has 4 rings (SSSR count). The second kappa shape index (κ2) is 8.53. The van der Waals surface area contributed by atoms with Gasteiger partial charge < -0.3 is 15.5 Å². The maximum Gasteiger partial charge on any atom is 0.272 e. The molecule has 0 saturated heterocycles. The first-order valence-electron chi connectivity index (χ1n) is 10.9. The van der Waals surface area contributed by atoms with Crippen LogP contribution in [-0.2, 0) is 17.9 Å². The van der Waals surface area contributed by atoms with Crippen molar-refractivity contribution < 1.29 is 14.4 Å². The van der Waals surface area contributed by atoms with Crippen molar-refractivity contribution in [2.45, 2.75) is 63.7 Å². The summed E-state index contributed by atoms with van der Waals surface area (Å²) in [6.07, 6.45) is 5.38. The minimum Gasteiger partial charge on any atom is -0.350 e. The Labute approximate surface area is 182 Å². The Bertz CT molecular complexity index is 980. The summed E-state index contributed by atoms with van der Waals surface area (Å²) in [4.78, 5) is 40.1. The smallest absolute Gasteiger partial charge is 0.272 e. The van der Waals surface area contributed by atoms with E-state index in [9.17, 15) is 14.4 Å². The topological polar surface area (TPSA) is 96.3 Å². The van der Waals surface area contributed by atoms with Gasteiger partial charge in [0.15, 0.2) is 5.69 Å². The lowest BCUT2D eigenvalue weighted by Crippen LogP contribution is -2.62. The van der Waals surface area contributed by atoms with Gasteiger partial charge in [-0.15, -0.1) is 0 Å². The number of amides is 3. The fraction of sp³-hybridized carbons (Fsp3) is 0.478. The van der Waals surface area contributed by atoms with Crippen molar-refractivity contribution in [1.29, 1.82) is 0 Å². The number of nitrogens with one attached hydrogen (secondary N) is 2. The molecule has 1 fully saturated rings. The molecule has 2 N–H and O–H groups in total. The summed E-state index contributed by atoms with van der Waals surface area (Å²) in [5.41, 5.74) is 0.411. The standard InChI is InChI=1S/C23H29N5O3/c1-23(22(31)24-14-16-9-5-3-6-10-16)15-28-19(21(30)27(23)2)13-18(26-28)20(29)25-17-11-7-4-8-12-17/h3,5-6,9-10,13,17H,4,7-8,11-12,14-15H2,1-2H3,(H,24,31)(H,25,29)/t23-/m1/s1. The number of likely N-dealkylation sites (N-methyl/N-ethyl adjacent to an activating group) is 1. The molecular weight excluding hydrogens is 394 g/mol. The molecule has 1 aliphatic heterocycles. The quantitative estimate of drug-likeness (QED) is 0.770. The fourth-order valence-electron chi connectivity index (χ4n) is 4.31. The number of benzene rings is 1. The Morgan fingerprint density at radius 2 is 1.87 bits per heavy atom. The van der Waals surface area contributed by atoms with Crippen molar-refractivity contribution in [1.82, 2.24) is 25.3 Å². The van der Waals surface area contributed by atoms with Gasteiger partial charge in [-0.05, 0) is 25.3 Å². The number of hydrogen-bond acceptors (Lipinski definition) is 4. The molecule has 1 aliphatic carbocycles. The van der Waals surface area contributed by atoms with E-state index in [2.05, 4.69) is 15.7 Å². The minimum absolute atomic E-state index is 0.160. The number of nitrogens with zero attached hydrogens (tertiary/aromatic N) is 3. The highest BCUT2D eigenvalue weighted by Gasteiger charge is 2.46. The van der Waals surface area contributed by atoms with E-state index in [-0.39, 0.29) is 36.0 Å². The van der Waals surface area contributed by atoms with Gasteiger partial charge in [-0.2, -0.15) is 5.10 Å². The summed E-state index contributed by atoms with van der Waals surface area (Å²) in [6, 6.07) is 11.3. The Morgan fingerprint density at radius 3 is 2.58 bits per heavy atom. The lowest BCUT2D eigenvalue weighted by molar-refractivity contribution is -0.132. The zero-order valence-corrected chi connectivity index (χ0v) is 18.1. The minimum atomic E-state index is -1.11. The van der Waals surface area contributed by atoms with Crippen LogP contribution in [0.5, 0.6) is 0 Å². The SMILES string of the molecule is CN1C(=O)c2cc(C(=O)NC3CCCCC3)nn2C[C@]1(C)C(=O)NCc1ccccc1. The van der Waals surface area contributed by atoms with Crippen LogP contribution in [0, 0.1) is 0 Å². The first-order valence-corrected chi connectivity index (χ1v) is 10.9. The number of aromatic nitrogens is 2. The van der Waals surface area contributed by atoms with E-state index in [0.29, 0.717) is 12.2 Å². The molecule has 0 unspecified atom stereocenters. The van der Waals surface area contributed by atoms with Gasteiger partial charge in [0.2, 0.25) is 5.91 Å². The van der Waals surface area contributed by atoms with Gasteiger partial charge in [0.1, 0.15) is 11.2 Å². The Morgan fingerprint density at radius 1 is 1.16 bits per heavy atom. The van der Waals surface area contributed by atoms with Gasteiger partial charge in [-0.25, -0.2) is 0 Å². The first-order chi connectivity index (χ1) is 14.9. The van der Waals surface area contributed by atoms with Gasteiger partial charge in [0.05, 0.1) is 6.54 Å². The highest BCUT2D eigenvalue weighted by Crippen LogP contribution is 2.26. The summed E-state index contributed by atoms with van der Waals surface area (Å²) in [6.45, 7) is 2.28. The molecule has 1 atom stereocenters. The van der Waals surface area contributed by atoms with Gasteiger partial charge in [0.25, 0.3) is 11.8 Å². The highest BCUT2D eigenvalue weighted by molar-refractivity contribution is 6.01. The molecule has 164 valence electrons. The van der Waals surface area contributed by atoms with Crippen molar-refractivity contribution >= 4 is 17.7 Å². The molecule has 0 spiro atoms. The lowest BCUT2D eigenvalue weighted by Gasteiger charge is -2.40. The number of hydrogen-bond donors (Lipinski definition) is 2. The fourth-order valence-corrected chi connectivity index (χ4v) is 4.31. The average molecular weight is 424 g/mol. The van der Waals surface area contributed by atoms with Crippen molar-refractivity contribution in [2.75, 3.05) is 7.05 Å². The molecule has 31 heavy (non-hydrogen) atoms. The van der Waals surface area contributed by atoms with E-state index in [1.54, 1.807) is 14.0 Å². The predicted octanol–water partition coefficient (Wildman–Crippen LogP) is 2.11. The predicted molar refractivity (Wildman–Crippen MR) is 115 cm³/mol. The van der Waals surface area contributed by atoms with Crippen molar-refractivity contribution in [3.8, 4) is 0 Å². The monoisotopic (exact) mass is 423 g/mol. The van der Waals surface area contributed by atoms with Crippen LogP contribution in [0.4, 0.5) is 0 Å². The van der Waals surface area contributed by atoms with Crippen LogP contribution in [0.3, 0.4) is 0 Å². The third-order valence-electron chi connectivity index (χ3n) is 6.46. The Kier molecular flexibility index (Phi) is 5.80. The van der Waals surface area contributed by atoms with Crippen molar-refractivity contribution in [3.05, 3.63) is 53.3 Å². The maximum atomic E-state index is 13.0. The lowest BCUT2D eigenvalue weighted by atomic mass is 9.95. The number of carbonyl (C=O) groups is 3. The molecule has 0 radical (unpaired) electrons. The van der Waals surface area contributed by atoms with E-state index in [1.807, 2.05) is 30.3 Å². The van der Waals surface area contributed by atoms with Crippen LogP contribution in [0.2, 0.25) is 0 Å². The van der Waals surface area contributed by atoms with Crippen LogP contribution in [0.1, 0.15) is 65.6 Å². The van der Waals surface area contributed by atoms with Crippen molar-refractivity contribution in [3.63, 3.8) is 0 Å². The molecular formula is C23H29N5O3. The van der Waals surface area contributed by atoms with Gasteiger partial charge in [0, 0.05) is 25.7 Å². The van der Waals surface area contributed by atoms with Crippen LogP contribution in [0.25, 0.3) is 0 Å². The third-order valence-corrected chi connectivity index (χ3v) is 6.46. The molecule has 1 aromatic heterocycles. The van der Waals surface area contributed by atoms with E-state index in [0.717, 1.165) is 31.2 Å². The van der Waals surface area contributed by atoms with Crippen molar-refractivity contribution in [2.24, 2.45) is 0 Å². The van der Waals surface area contributed by atoms with Crippen LogP contribution >= 0.6 is 0 Å². The number of fused-ring (bicyclic) bond motifs is 1. The van der Waals surface area contributed by atoms with E-state index >= 15 is 0 Å². The molecule has 2 aromatic rings. The van der Waals surface area contributed by atoms with E-state index in [1.165, 1.54) is 22.1 Å². The summed E-state index contributed by atoms with van der Waals surface area (Å²) >= 11 is 0. The van der Waals surface area contributed by atoms with E-state index < -0.39 is 5.54 Å². The summed E-state index contributed by atoms with van der Waals surface area (Å²) < 4.78 is 1.49. The Hall–Kier alpha value is -3.16.